The Morgan fingerprint density at radius 3 is 2.56 bits per heavy atom. The summed E-state index contributed by atoms with van der Waals surface area (Å²) in [6, 6.07) is 5.20. The van der Waals surface area contributed by atoms with Gasteiger partial charge in [0.1, 0.15) is 5.57 Å². The van der Waals surface area contributed by atoms with Gasteiger partial charge >= 0.3 is 11.9 Å². The van der Waals surface area contributed by atoms with Gasteiger partial charge in [-0.1, -0.05) is 15.9 Å². The van der Waals surface area contributed by atoms with Crippen LogP contribution in [0.15, 0.2) is 28.1 Å². The molecule has 0 amide bonds. The predicted molar refractivity (Wildman–Crippen MR) is 97.6 cm³/mol. The lowest BCUT2D eigenvalue weighted by molar-refractivity contribution is -0.146. The number of esters is 2. The molecule has 0 fully saturated rings. The van der Waals surface area contributed by atoms with E-state index in [0.29, 0.717) is 15.8 Å². The molecule has 0 saturated heterocycles. The van der Waals surface area contributed by atoms with Gasteiger partial charge in [0.25, 0.3) is 0 Å². The molecule has 1 aromatic rings. The van der Waals surface area contributed by atoms with E-state index in [4.69, 9.17) is 24.7 Å². The number of hydrogen-bond donors (Lipinski definition) is 1. The van der Waals surface area contributed by atoms with Crippen LogP contribution in [0.1, 0.15) is 25.3 Å². The van der Waals surface area contributed by atoms with Gasteiger partial charge in [0.05, 0.1) is 32.3 Å². The van der Waals surface area contributed by atoms with Gasteiger partial charge in [0.2, 0.25) is 5.88 Å². The van der Waals surface area contributed by atoms with Crippen LogP contribution in [0.2, 0.25) is 0 Å². The number of nitrogens with zero attached hydrogens (tertiary/aromatic N) is 1. The smallest absolute Gasteiger partial charge is 0.340 e. The molecular weight excluding hydrogens is 420 g/mol. The first-order chi connectivity index (χ1) is 12.9. The molecule has 8 nitrogen and oxygen atoms in total. The summed E-state index contributed by atoms with van der Waals surface area (Å²) in [4.78, 5) is 24.9. The van der Waals surface area contributed by atoms with Crippen molar-refractivity contribution in [2.24, 2.45) is 11.7 Å². The molecule has 0 saturated carbocycles. The lowest BCUT2D eigenvalue weighted by atomic mass is 9.79. The second kappa shape index (κ2) is 8.77. The van der Waals surface area contributed by atoms with Crippen molar-refractivity contribution in [3.63, 3.8) is 0 Å². The summed E-state index contributed by atoms with van der Waals surface area (Å²) in [6.07, 6.45) is 0. The number of methoxy groups -OCH3 is 1. The minimum atomic E-state index is -1.33. The molecule has 1 aromatic carbocycles. The maximum absolute atomic E-state index is 12.5. The molecule has 9 heteroatoms. The average molecular weight is 439 g/mol. The lowest BCUT2D eigenvalue weighted by Crippen LogP contribution is -2.34. The number of nitrogens with two attached hydrogens (primary N) is 1. The zero-order valence-electron chi connectivity index (χ0n) is 15.1. The van der Waals surface area contributed by atoms with Crippen LogP contribution in [0.3, 0.4) is 0 Å². The predicted octanol–water partition coefficient (Wildman–Crippen LogP) is 2.37. The maximum atomic E-state index is 12.5. The number of benzene rings is 1. The SMILES string of the molecule is CCOC(=O)C1=C(N)Oc2c(OC)cc(Br)cc2[C@@H]1[C@H](C#N)C(=O)OCC. The van der Waals surface area contributed by atoms with Crippen LogP contribution < -0.4 is 15.2 Å². The van der Waals surface area contributed by atoms with Gasteiger partial charge < -0.3 is 24.7 Å². The number of ether oxygens (including phenoxy) is 4. The van der Waals surface area contributed by atoms with Gasteiger partial charge in [-0.2, -0.15) is 5.26 Å². The van der Waals surface area contributed by atoms with E-state index in [9.17, 15) is 14.9 Å². The van der Waals surface area contributed by atoms with Crippen LogP contribution in [0.25, 0.3) is 0 Å². The monoisotopic (exact) mass is 438 g/mol. The molecule has 0 aliphatic carbocycles. The van der Waals surface area contributed by atoms with E-state index < -0.39 is 23.8 Å². The average Bonchev–Trinajstić information content (AvgIpc) is 2.62. The molecular formula is C18H19BrN2O6. The Morgan fingerprint density at radius 2 is 2.00 bits per heavy atom. The molecule has 2 rings (SSSR count). The Morgan fingerprint density at radius 1 is 1.33 bits per heavy atom. The second-order valence-corrected chi connectivity index (χ2v) is 6.38. The lowest BCUT2D eigenvalue weighted by Gasteiger charge is -2.30. The summed E-state index contributed by atoms with van der Waals surface area (Å²) in [5.41, 5.74) is 6.25. The number of nitriles is 1. The highest BCUT2D eigenvalue weighted by Gasteiger charge is 2.44. The number of carbonyl (C=O) groups is 2. The van der Waals surface area contributed by atoms with Crippen LogP contribution in [-0.4, -0.2) is 32.3 Å². The maximum Gasteiger partial charge on any atom is 0.340 e. The van der Waals surface area contributed by atoms with Crippen molar-refractivity contribution in [3.05, 3.63) is 33.6 Å². The summed E-state index contributed by atoms with van der Waals surface area (Å²) in [7, 11) is 1.44. The third-order valence-corrected chi connectivity index (χ3v) is 4.36. The summed E-state index contributed by atoms with van der Waals surface area (Å²) in [5, 5.41) is 9.66. The summed E-state index contributed by atoms with van der Waals surface area (Å²) >= 11 is 3.35. The first-order valence-corrected chi connectivity index (χ1v) is 8.97. The number of fused-ring (bicyclic) bond motifs is 1. The Labute approximate surface area is 164 Å². The quantitative estimate of drug-likeness (QED) is 0.671. The van der Waals surface area contributed by atoms with Crippen molar-refractivity contribution in [1.29, 1.82) is 5.26 Å². The number of hydrogen-bond acceptors (Lipinski definition) is 8. The zero-order chi connectivity index (χ0) is 20.1. The minimum absolute atomic E-state index is 0.0861. The number of rotatable bonds is 6. The Balaban J connectivity index is 2.72. The van der Waals surface area contributed by atoms with Crippen molar-refractivity contribution < 1.29 is 28.5 Å². The highest BCUT2D eigenvalue weighted by atomic mass is 79.9. The standard InChI is InChI=1S/C18H19BrN2O6/c1-4-25-17(22)11(8-20)13-10-6-9(19)7-12(24-3)15(10)27-16(21)14(13)18(23)26-5-2/h6-7,11,13H,4-5,21H2,1-3H3/t11-,13+/m0/s1. The van der Waals surface area contributed by atoms with Crippen molar-refractivity contribution in [2.75, 3.05) is 20.3 Å². The van der Waals surface area contributed by atoms with Crippen LogP contribution >= 0.6 is 15.9 Å². The number of carbonyl (C=O) groups excluding carboxylic acids is 2. The normalized spacial score (nSPS) is 16.5. The Bertz CT molecular complexity index is 830. The summed E-state index contributed by atoms with van der Waals surface area (Å²) < 4.78 is 21.6. The Kier molecular flexibility index (Phi) is 6.69. The van der Waals surface area contributed by atoms with Gasteiger partial charge in [-0.3, -0.25) is 4.79 Å². The minimum Gasteiger partial charge on any atom is -0.493 e. The summed E-state index contributed by atoms with van der Waals surface area (Å²) in [5.74, 6) is -3.61. The van der Waals surface area contributed by atoms with Gasteiger partial charge in [0.15, 0.2) is 17.4 Å². The van der Waals surface area contributed by atoms with Gasteiger partial charge in [-0.15, -0.1) is 0 Å². The van der Waals surface area contributed by atoms with Crippen LogP contribution in [0.5, 0.6) is 11.5 Å². The van der Waals surface area contributed by atoms with E-state index in [1.807, 2.05) is 6.07 Å². The molecule has 27 heavy (non-hydrogen) atoms. The van der Waals surface area contributed by atoms with E-state index in [2.05, 4.69) is 15.9 Å². The van der Waals surface area contributed by atoms with Crippen molar-refractivity contribution in [1.82, 2.24) is 0 Å². The highest BCUT2D eigenvalue weighted by molar-refractivity contribution is 9.10. The first-order valence-electron chi connectivity index (χ1n) is 8.17. The van der Waals surface area contributed by atoms with Crippen molar-refractivity contribution in [3.8, 4) is 17.6 Å². The molecule has 0 aromatic heterocycles. The van der Waals surface area contributed by atoms with E-state index in [0.717, 1.165) is 0 Å². The molecule has 1 aliphatic heterocycles. The zero-order valence-corrected chi connectivity index (χ0v) is 16.7. The van der Waals surface area contributed by atoms with Crippen LogP contribution in [0, 0.1) is 17.2 Å². The van der Waals surface area contributed by atoms with E-state index in [1.54, 1.807) is 26.0 Å². The van der Waals surface area contributed by atoms with E-state index in [-0.39, 0.29) is 30.4 Å². The van der Waals surface area contributed by atoms with Crippen LogP contribution in [-0.2, 0) is 19.1 Å². The molecule has 0 radical (unpaired) electrons. The topological polar surface area (TPSA) is 121 Å². The fourth-order valence-corrected chi connectivity index (χ4v) is 3.29. The molecule has 0 bridgehead atoms. The molecule has 2 atom stereocenters. The van der Waals surface area contributed by atoms with Crippen molar-refractivity contribution >= 4 is 27.9 Å². The largest absolute Gasteiger partial charge is 0.493 e. The molecule has 1 aliphatic rings. The second-order valence-electron chi connectivity index (χ2n) is 5.46. The van der Waals surface area contributed by atoms with Crippen LogP contribution in [0.4, 0.5) is 0 Å². The Hall–Kier alpha value is -2.73. The number of halogens is 1. The van der Waals surface area contributed by atoms with E-state index >= 15 is 0 Å². The summed E-state index contributed by atoms with van der Waals surface area (Å²) in [6.45, 7) is 3.44. The molecule has 0 spiro atoms. The molecule has 2 N–H and O–H groups in total. The molecule has 144 valence electrons. The first kappa shape index (κ1) is 20.6. The third-order valence-electron chi connectivity index (χ3n) is 3.90. The highest BCUT2D eigenvalue weighted by Crippen LogP contribution is 2.48. The fraction of sp³-hybridized carbons (Fsp3) is 0.389. The van der Waals surface area contributed by atoms with Gasteiger partial charge in [-0.25, -0.2) is 4.79 Å². The molecule has 0 unspecified atom stereocenters. The fourth-order valence-electron chi connectivity index (χ4n) is 2.83. The van der Waals surface area contributed by atoms with Gasteiger partial charge in [-0.05, 0) is 26.0 Å². The van der Waals surface area contributed by atoms with E-state index in [1.165, 1.54) is 7.11 Å². The molecule has 1 heterocycles. The van der Waals surface area contributed by atoms with Gasteiger partial charge in [0, 0.05) is 10.0 Å². The van der Waals surface area contributed by atoms with Crippen molar-refractivity contribution in [2.45, 2.75) is 19.8 Å². The third kappa shape index (κ3) is 4.01.